The first-order valence-electron chi connectivity index (χ1n) is 7.20. The van der Waals surface area contributed by atoms with Crippen LogP contribution in [0.15, 0.2) is 0 Å². The molecule has 0 aromatic rings. The van der Waals surface area contributed by atoms with Crippen LogP contribution in [-0.2, 0) is 50.1 Å². The van der Waals surface area contributed by atoms with E-state index < -0.39 is 23.0 Å². The van der Waals surface area contributed by atoms with Crippen LogP contribution in [0.5, 0.6) is 0 Å². The van der Waals surface area contributed by atoms with Gasteiger partial charge in [-0.1, -0.05) is 26.7 Å². The van der Waals surface area contributed by atoms with Crippen molar-refractivity contribution in [2.24, 2.45) is 0 Å². The molecule has 0 atom stereocenters. The molecule has 0 N–H and O–H groups in total. The van der Waals surface area contributed by atoms with E-state index in [0.717, 1.165) is 19.3 Å². The van der Waals surface area contributed by atoms with Gasteiger partial charge in [-0.05, 0) is 26.7 Å². The molecule has 0 aliphatic rings. The molecule has 0 radical (unpaired) electrons. The van der Waals surface area contributed by atoms with Crippen LogP contribution < -0.4 is 0 Å². The molecule has 0 aliphatic heterocycles. The fourth-order valence-corrected chi connectivity index (χ4v) is 1.81. The Balaban J connectivity index is 0. The Kier molecular flexibility index (Phi) is 13.6. The maximum atomic E-state index is 12.2. The Morgan fingerprint density at radius 1 is 0.905 bits per heavy atom. The zero-order valence-electron chi connectivity index (χ0n) is 13.5. The minimum atomic E-state index is -1.98. The summed E-state index contributed by atoms with van der Waals surface area (Å²) in [6.07, 6.45) is 3.32. The van der Waals surface area contributed by atoms with Crippen LogP contribution in [0, 0.1) is 0 Å². The average Bonchev–Trinajstić information content (AvgIpc) is 2.38. The van der Waals surface area contributed by atoms with Crippen LogP contribution in [0.25, 0.3) is 0 Å². The van der Waals surface area contributed by atoms with Gasteiger partial charge in [-0.15, -0.1) is 0 Å². The summed E-state index contributed by atoms with van der Waals surface area (Å²) in [5.41, 5.74) is -1.98. The largest absolute Gasteiger partial charge is 0.374 e. The van der Waals surface area contributed by atoms with Crippen molar-refractivity contribution in [2.45, 2.75) is 59.0 Å². The Bertz CT molecular complexity index is 327. The van der Waals surface area contributed by atoms with Gasteiger partial charge >= 0.3 is 0 Å². The van der Waals surface area contributed by atoms with Gasteiger partial charge in [-0.3, -0.25) is 14.4 Å². The van der Waals surface area contributed by atoms with E-state index in [2.05, 4.69) is 0 Å². The summed E-state index contributed by atoms with van der Waals surface area (Å²) < 4.78 is 10.6. The molecule has 0 heterocycles. The van der Waals surface area contributed by atoms with Crippen molar-refractivity contribution in [1.82, 2.24) is 0 Å². The summed E-state index contributed by atoms with van der Waals surface area (Å²) in [6.45, 7) is 6.75. The molecule has 0 saturated heterocycles. The molecule has 6 heteroatoms. The average molecular weight is 378 g/mol. The van der Waals surface area contributed by atoms with E-state index in [4.69, 9.17) is 9.47 Å². The van der Waals surface area contributed by atoms with Gasteiger partial charge in [0.2, 0.25) is 11.4 Å². The standard InChI is InChI=1S/C15H26O5.Zr/c1-5-7-9-19-11-14(18)15(12(3)16,13(4)17)20-10-8-6-2;/h5-11H2,1-4H3;. The number of rotatable bonds is 12. The van der Waals surface area contributed by atoms with Crippen molar-refractivity contribution in [1.29, 1.82) is 0 Å². The molecule has 0 aromatic carbocycles. The fourth-order valence-electron chi connectivity index (χ4n) is 1.81. The van der Waals surface area contributed by atoms with Gasteiger partial charge in [0.05, 0.1) is 0 Å². The third-order valence-corrected chi connectivity index (χ3v) is 3.08. The second kappa shape index (κ2) is 12.4. The summed E-state index contributed by atoms with van der Waals surface area (Å²) in [7, 11) is 0. The molecule has 0 spiro atoms. The molecule has 0 bridgehead atoms. The number of hydrogen-bond acceptors (Lipinski definition) is 5. The Labute approximate surface area is 146 Å². The normalized spacial score (nSPS) is 10.9. The first kappa shape index (κ1) is 23.1. The van der Waals surface area contributed by atoms with E-state index in [1.807, 2.05) is 13.8 Å². The first-order valence-corrected chi connectivity index (χ1v) is 7.20. The van der Waals surface area contributed by atoms with E-state index >= 15 is 0 Å². The van der Waals surface area contributed by atoms with Crippen molar-refractivity contribution < 1.29 is 50.1 Å². The number of carbonyl (C=O) groups is 3. The molecule has 0 aliphatic carbocycles. The van der Waals surface area contributed by atoms with E-state index in [-0.39, 0.29) is 39.4 Å². The Morgan fingerprint density at radius 2 is 1.38 bits per heavy atom. The number of ether oxygens (including phenoxy) is 2. The summed E-state index contributed by atoms with van der Waals surface area (Å²) in [6, 6.07) is 0. The molecular weight excluding hydrogens is 351 g/mol. The SMILES string of the molecule is CCCCOCC(=O)C(OCCCC)(C(C)=O)C(C)=O.[Zr]. The zero-order valence-corrected chi connectivity index (χ0v) is 15.9. The van der Waals surface area contributed by atoms with E-state index in [1.54, 1.807) is 0 Å². The number of Topliss-reactive ketones (excluding diaryl/α,β-unsaturated/α-hetero) is 3. The predicted molar refractivity (Wildman–Crippen MR) is 75.7 cm³/mol. The summed E-state index contributed by atoms with van der Waals surface area (Å²) in [5, 5.41) is 0. The maximum absolute atomic E-state index is 12.2. The van der Waals surface area contributed by atoms with Crippen molar-refractivity contribution in [2.75, 3.05) is 19.8 Å². The van der Waals surface area contributed by atoms with E-state index in [1.165, 1.54) is 13.8 Å². The molecule has 0 amide bonds. The maximum Gasteiger partial charge on any atom is 0.244 e. The monoisotopic (exact) mass is 376 g/mol. The quantitative estimate of drug-likeness (QED) is 0.385. The molecule has 0 unspecified atom stereocenters. The molecule has 0 fully saturated rings. The van der Waals surface area contributed by atoms with Crippen LogP contribution >= 0.6 is 0 Å². The summed E-state index contributed by atoms with van der Waals surface area (Å²) in [4.78, 5) is 35.8. The van der Waals surface area contributed by atoms with Crippen molar-refractivity contribution >= 4 is 17.3 Å². The number of unbranched alkanes of at least 4 members (excludes halogenated alkanes) is 2. The van der Waals surface area contributed by atoms with E-state index in [9.17, 15) is 14.4 Å². The number of hydrogen-bond donors (Lipinski definition) is 0. The van der Waals surface area contributed by atoms with Crippen LogP contribution in [0.4, 0.5) is 0 Å². The smallest absolute Gasteiger partial charge is 0.244 e. The van der Waals surface area contributed by atoms with Gasteiger partial charge in [0.1, 0.15) is 6.61 Å². The molecular formula is C15H26O5Zr. The van der Waals surface area contributed by atoms with Crippen molar-refractivity contribution in [3.63, 3.8) is 0 Å². The molecule has 5 nitrogen and oxygen atoms in total. The minimum absolute atomic E-state index is 0. The van der Waals surface area contributed by atoms with Crippen LogP contribution in [0.1, 0.15) is 53.4 Å². The summed E-state index contributed by atoms with van der Waals surface area (Å²) in [5.74, 6) is -1.76. The number of ketones is 3. The molecule has 21 heavy (non-hydrogen) atoms. The van der Waals surface area contributed by atoms with Crippen LogP contribution in [0.2, 0.25) is 0 Å². The molecule has 120 valence electrons. The zero-order chi connectivity index (χ0) is 15.6. The van der Waals surface area contributed by atoms with Gasteiger partial charge < -0.3 is 9.47 Å². The van der Waals surface area contributed by atoms with Gasteiger partial charge in [0.15, 0.2) is 11.6 Å². The van der Waals surface area contributed by atoms with Gasteiger partial charge in [-0.25, -0.2) is 0 Å². The van der Waals surface area contributed by atoms with E-state index in [0.29, 0.717) is 13.0 Å². The molecule has 0 saturated carbocycles. The van der Waals surface area contributed by atoms with Crippen LogP contribution in [0.3, 0.4) is 0 Å². The van der Waals surface area contributed by atoms with Crippen molar-refractivity contribution in [3.05, 3.63) is 0 Å². The second-order valence-electron chi connectivity index (χ2n) is 4.82. The Hall–Kier alpha value is -0.187. The first-order chi connectivity index (χ1) is 9.43. The minimum Gasteiger partial charge on any atom is -0.374 e. The topological polar surface area (TPSA) is 69.7 Å². The third kappa shape index (κ3) is 7.07. The van der Waals surface area contributed by atoms with Gasteiger partial charge in [0, 0.05) is 39.4 Å². The summed E-state index contributed by atoms with van der Waals surface area (Å²) >= 11 is 0. The molecule has 0 aromatic heterocycles. The third-order valence-electron chi connectivity index (χ3n) is 3.08. The van der Waals surface area contributed by atoms with Crippen molar-refractivity contribution in [3.8, 4) is 0 Å². The second-order valence-corrected chi connectivity index (χ2v) is 4.82. The molecule has 0 rings (SSSR count). The van der Waals surface area contributed by atoms with Crippen LogP contribution in [-0.4, -0.2) is 42.8 Å². The fraction of sp³-hybridized carbons (Fsp3) is 0.800. The van der Waals surface area contributed by atoms with Gasteiger partial charge in [0.25, 0.3) is 0 Å². The Morgan fingerprint density at radius 3 is 1.81 bits per heavy atom. The number of carbonyl (C=O) groups excluding carboxylic acids is 3. The predicted octanol–water partition coefficient (Wildman–Crippen LogP) is 2.10. The van der Waals surface area contributed by atoms with Gasteiger partial charge in [-0.2, -0.15) is 0 Å².